The topological polar surface area (TPSA) is 40.5 Å². The summed E-state index contributed by atoms with van der Waals surface area (Å²) in [7, 11) is 0. The van der Waals surface area contributed by atoms with Gasteiger partial charge in [-0.05, 0) is 47.6 Å². The van der Waals surface area contributed by atoms with E-state index >= 15 is 0 Å². The molecule has 2 nitrogen and oxygen atoms in total. The lowest BCUT2D eigenvalue weighted by Gasteiger charge is -2.68. The van der Waals surface area contributed by atoms with Crippen molar-refractivity contribution in [2.75, 3.05) is 0 Å². The van der Waals surface area contributed by atoms with E-state index in [2.05, 4.69) is 27.4 Å². The summed E-state index contributed by atoms with van der Waals surface area (Å²) in [6.07, 6.45) is 2.63. The molecule has 23 heavy (non-hydrogen) atoms. The van der Waals surface area contributed by atoms with Crippen molar-refractivity contribution in [3.05, 3.63) is 42.5 Å². The second-order valence-electron chi connectivity index (χ2n) is 8.21. The molecule has 1 aromatic rings. The van der Waals surface area contributed by atoms with Gasteiger partial charge in [0.2, 0.25) is 0 Å². The second kappa shape index (κ2) is 5.75. The molecule has 2 heteroatoms. The smallest absolute Gasteiger partial charge is 0.0873 e. The first-order valence-corrected chi connectivity index (χ1v) is 8.96. The number of aliphatic hydroxyl groups is 2. The molecule has 5 atom stereocenters. The average molecular weight is 314 g/mol. The highest BCUT2D eigenvalue weighted by molar-refractivity contribution is 5.67. The Labute approximate surface area is 140 Å². The molecule has 0 aliphatic heterocycles. The van der Waals surface area contributed by atoms with Gasteiger partial charge in [0, 0.05) is 5.41 Å². The molecule has 0 heterocycles. The van der Waals surface area contributed by atoms with Crippen molar-refractivity contribution in [3.63, 3.8) is 0 Å². The normalized spacial score (nSPS) is 36.1. The Kier molecular flexibility index (Phi) is 4.18. The van der Waals surface area contributed by atoms with Crippen LogP contribution in [0.5, 0.6) is 0 Å². The molecular formula is C21H30O2. The van der Waals surface area contributed by atoms with E-state index in [4.69, 9.17) is 0 Å². The Hall–Kier alpha value is -1.12. The van der Waals surface area contributed by atoms with Crippen molar-refractivity contribution in [1.82, 2.24) is 0 Å². The number of rotatable bonds is 5. The minimum absolute atomic E-state index is 0.201. The van der Waals surface area contributed by atoms with Crippen LogP contribution in [0, 0.1) is 22.7 Å². The molecule has 0 unspecified atom stereocenters. The van der Waals surface area contributed by atoms with Gasteiger partial charge >= 0.3 is 0 Å². The first-order valence-electron chi connectivity index (χ1n) is 8.96. The van der Waals surface area contributed by atoms with Crippen LogP contribution < -0.4 is 0 Å². The van der Waals surface area contributed by atoms with Crippen molar-refractivity contribution in [2.24, 2.45) is 22.7 Å². The lowest BCUT2D eigenvalue weighted by atomic mass is 9.37. The van der Waals surface area contributed by atoms with Gasteiger partial charge in [-0.3, -0.25) is 0 Å². The van der Waals surface area contributed by atoms with Crippen LogP contribution >= 0.6 is 0 Å². The van der Waals surface area contributed by atoms with Crippen LogP contribution in [0.4, 0.5) is 0 Å². The summed E-state index contributed by atoms with van der Waals surface area (Å²) >= 11 is 0. The summed E-state index contributed by atoms with van der Waals surface area (Å²) in [5, 5.41) is 22.3. The molecule has 0 spiro atoms. The zero-order valence-electron chi connectivity index (χ0n) is 14.6. The summed E-state index contributed by atoms with van der Waals surface area (Å²) in [6, 6.07) is 9.91. The number of fused-ring (bicyclic) bond motifs is 2. The van der Waals surface area contributed by atoms with Crippen LogP contribution in [0.3, 0.4) is 0 Å². The fourth-order valence-electron chi connectivity index (χ4n) is 5.47. The summed E-state index contributed by atoms with van der Waals surface area (Å²) in [5.41, 5.74) is 1.47. The number of aliphatic hydroxyl groups excluding tert-OH is 2. The highest BCUT2D eigenvalue weighted by Crippen LogP contribution is 2.68. The van der Waals surface area contributed by atoms with E-state index in [0.717, 1.165) is 36.8 Å². The molecule has 3 saturated carbocycles. The summed E-state index contributed by atoms with van der Waals surface area (Å²) in [6.45, 7) is 11.0. The maximum absolute atomic E-state index is 11.3. The summed E-state index contributed by atoms with van der Waals surface area (Å²) < 4.78 is 0. The standard InChI is InChI=1S/C21H30O2/c1-5-11-21(17-12-16(13-18(21)22)20(17,3)4)19(23)14(2)15-9-7-6-8-10-15/h6-10,16-19,22-23H,2,5,11-13H2,1,3-4H3/t16-,17-,18+,19+,21-/m0/s1. The number of benzene rings is 1. The third-order valence-corrected chi connectivity index (χ3v) is 6.91. The fourth-order valence-corrected chi connectivity index (χ4v) is 5.47. The molecule has 3 aliphatic carbocycles. The van der Waals surface area contributed by atoms with Gasteiger partial charge < -0.3 is 10.2 Å². The van der Waals surface area contributed by atoms with Gasteiger partial charge in [0.25, 0.3) is 0 Å². The highest BCUT2D eigenvalue weighted by Gasteiger charge is 2.66. The van der Waals surface area contributed by atoms with Gasteiger partial charge in [-0.2, -0.15) is 0 Å². The molecule has 0 radical (unpaired) electrons. The first kappa shape index (κ1) is 16.7. The number of hydrogen-bond acceptors (Lipinski definition) is 2. The van der Waals surface area contributed by atoms with E-state index in [0.29, 0.717) is 11.8 Å². The van der Waals surface area contributed by atoms with Crippen molar-refractivity contribution >= 4 is 5.57 Å². The van der Waals surface area contributed by atoms with Gasteiger partial charge in [0.1, 0.15) is 0 Å². The molecule has 4 rings (SSSR count). The Morgan fingerprint density at radius 1 is 1.26 bits per heavy atom. The molecule has 2 N–H and O–H groups in total. The molecule has 0 aromatic heterocycles. The van der Waals surface area contributed by atoms with E-state index in [1.54, 1.807) is 0 Å². The van der Waals surface area contributed by atoms with Crippen LogP contribution in [-0.4, -0.2) is 22.4 Å². The van der Waals surface area contributed by atoms with E-state index in [1.807, 2.05) is 30.3 Å². The van der Waals surface area contributed by atoms with E-state index in [9.17, 15) is 10.2 Å². The minimum atomic E-state index is -0.689. The Balaban J connectivity index is 1.98. The van der Waals surface area contributed by atoms with Crippen LogP contribution in [0.2, 0.25) is 0 Å². The zero-order valence-corrected chi connectivity index (χ0v) is 14.6. The largest absolute Gasteiger partial charge is 0.392 e. The van der Waals surface area contributed by atoms with Crippen molar-refractivity contribution < 1.29 is 10.2 Å². The highest BCUT2D eigenvalue weighted by atomic mass is 16.3. The lowest BCUT2D eigenvalue weighted by molar-refractivity contribution is -0.242. The quantitative estimate of drug-likeness (QED) is 0.852. The van der Waals surface area contributed by atoms with E-state index < -0.39 is 17.6 Å². The molecule has 0 saturated heterocycles. The van der Waals surface area contributed by atoms with Crippen LogP contribution in [0.1, 0.15) is 52.0 Å². The molecule has 2 bridgehead atoms. The van der Waals surface area contributed by atoms with Gasteiger partial charge in [0.15, 0.2) is 0 Å². The second-order valence-corrected chi connectivity index (χ2v) is 8.21. The predicted octanol–water partition coefficient (Wildman–Crippen LogP) is 4.27. The lowest BCUT2D eigenvalue weighted by Crippen LogP contribution is -2.67. The summed E-state index contributed by atoms with van der Waals surface area (Å²) in [5.74, 6) is 0.948. The van der Waals surface area contributed by atoms with E-state index in [-0.39, 0.29) is 5.41 Å². The SMILES string of the molecule is C=C(c1ccccc1)[C@@H](O)[C@]1(CCC)[C@H](O)C[C@@H]2C[C@H]1C2(C)C. The summed E-state index contributed by atoms with van der Waals surface area (Å²) in [4.78, 5) is 0. The fraction of sp³-hybridized carbons (Fsp3) is 0.619. The van der Waals surface area contributed by atoms with Gasteiger partial charge in [-0.25, -0.2) is 0 Å². The molecular weight excluding hydrogens is 284 g/mol. The van der Waals surface area contributed by atoms with Crippen LogP contribution in [-0.2, 0) is 0 Å². The van der Waals surface area contributed by atoms with Crippen molar-refractivity contribution in [1.29, 1.82) is 0 Å². The average Bonchev–Trinajstić information content (AvgIpc) is 2.55. The predicted molar refractivity (Wildman–Crippen MR) is 94.8 cm³/mol. The Morgan fingerprint density at radius 3 is 2.48 bits per heavy atom. The monoisotopic (exact) mass is 314 g/mol. The Morgan fingerprint density at radius 2 is 1.91 bits per heavy atom. The zero-order chi connectivity index (χ0) is 16.8. The molecule has 3 fully saturated rings. The van der Waals surface area contributed by atoms with Crippen LogP contribution in [0.15, 0.2) is 36.9 Å². The van der Waals surface area contributed by atoms with Gasteiger partial charge in [-0.1, -0.05) is 64.1 Å². The van der Waals surface area contributed by atoms with Crippen molar-refractivity contribution in [2.45, 2.75) is 58.7 Å². The third kappa shape index (κ3) is 2.30. The Bertz CT molecular complexity index is 577. The van der Waals surface area contributed by atoms with E-state index in [1.165, 1.54) is 0 Å². The first-order chi connectivity index (χ1) is 10.9. The van der Waals surface area contributed by atoms with Gasteiger partial charge in [-0.15, -0.1) is 0 Å². The van der Waals surface area contributed by atoms with Crippen LogP contribution in [0.25, 0.3) is 5.57 Å². The maximum Gasteiger partial charge on any atom is 0.0873 e. The third-order valence-electron chi connectivity index (χ3n) is 6.91. The van der Waals surface area contributed by atoms with Gasteiger partial charge in [0.05, 0.1) is 12.2 Å². The molecule has 1 aromatic carbocycles. The maximum atomic E-state index is 11.3. The minimum Gasteiger partial charge on any atom is -0.392 e. The van der Waals surface area contributed by atoms with Crippen molar-refractivity contribution in [3.8, 4) is 0 Å². The molecule has 3 aliphatic rings. The molecule has 0 amide bonds. The number of hydrogen-bond donors (Lipinski definition) is 2. The molecule has 126 valence electrons.